The standard InChI is InChI=1S/C14H23N3O3/c1-9-5-6-17(7-12(9)18)13(19)8-20-14-10(2)15-16(4)11(14)3/h9,12,18H,5-8H2,1-4H3. The number of hydrogen-bond acceptors (Lipinski definition) is 4. The molecule has 20 heavy (non-hydrogen) atoms. The number of aryl methyl sites for hydroxylation is 2. The number of aliphatic hydroxyl groups is 1. The number of aliphatic hydroxyl groups excluding tert-OH is 1. The third-order valence-corrected chi connectivity index (χ3v) is 4.05. The van der Waals surface area contributed by atoms with Crippen LogP contribution in [-0.2, 0) is 11.8 Å². The highest BCUT2D eigenvalue weighted by Gasteiger charge is 2.27. The van der Waals surface area contributed by atoms with Gasteiger partial charge in [0.1, 0.15) is 5.69 Å². The van der Waals surface area contributed by atoms with Crippen molar-refractivity contribution in [3.05, 3.63) is 11.4 Å². The van der Waals surface area contributed by atoms with E-state index < -0.39 is 6.10 Å². The molecule has 1 aromatic heterocycles. The second kappa shape index (κ2) is 5.83. The van der Waals surface area contributed by atoms with E-state index in [2.05, 4.69) is 5.10 Å². The maximum Gasteiger partial charge on any atom is 0.260 e. The summed E-state index contributed by atoms with van der Waals surface area (Å²) in [5.74, 6) is 0.841. The average molecular weight is 281 g/mol. The number of β-amino-alcohol motifs (C(OH)–C–C–N with tert-alkyl or cyclic N) is 1. The van der Waals surface area contributed by atoms with Crippen molar-refractivity contribution in [2.24, 2.45) is 13.0 Å². The van der Waals surface area contributed by atoms with Gasteiger partial charge in [-0.1, -0.05) is 6.92 Å². The Morgan fingerprint density at radius 2 is 2.20 bits per heavy atom. The number of aromatic nitrogens is 2. The fourth-order valence-corrected chi connectivity index (χ4v) is 2.46. The summed E-state index contributed by atoms with van der Waals surface area (Å²) in [5, 5.41) is 14.1. The first-order valence-electron chi connectivity index (χ1n) is 6.99. The molecule has 1 aliphatic heterocycles. The predicted molar refractivity (Wildman–Crippen MR) is 74.5 cm³/mol. The van der Waals surface area contributed by atoms with Gasteiger partial charge < -0.3 is 14.7 Å². The molecular weight excluding hydrogens is 258 g/mol. The Hall–Kier alpha value is -1.56. The van der Waals surface area contributed by atoms with E-state index in [4.69, 9.17) is 4.74 Å². The molecular formula is C14H23N3O3. The van der Waals surface area contributed by atoms with E-state index in [1.54, 1.807) is 9.58 Å². The van der Waals surface area contributed by atoms with Gasteiger partial charge in [-0.15, -0.1) is 0 Å². The first-order valence-corrected chi connectivity index (χ1v) is 6.99. The van der Waals surface area contributed by atoms with Crippen molar-refractivity contribution in [1.82, 2.24) is 14.7 Å². The Bertz CT molecular complexity index is 498. The summed E-state index contributed by atoms with van der Waals surface area (Å²) in [7, 11) is 1.85. The second-order valence-corrected chi connectivity index (χ2v) is 5.59. The summed E-state index contributed by atoms with van der Waals surface area (Å²) < 4.78 is 7.35. The fourth-order valence-electron chi connectivity index (χ4n) is 2.46. The van der Waals surface area contributed by atoms with Crippen LogP contribution < -0.4 is 4.74 Å². The Labute approximate surface area is 119 Å². The Morgan fingerprint density at radius 1 is 1.50 bits per heavy atom. The summed E-state index contributed by atoms with van der Waals surface area (Å²) in [6.07, 6.45) is 0.396. The number of carbonyl (C=O) groups excluding carboxylic acids is 1. The van der Waals surface area contributed by atoms with Gasteiger partial charge in [-0.25, -0.2) is 0 Å². The van der Waals surface area contributed by atoms with Gasteiger partial charge >= 0.3 is 0 Å². The Kier molecular flexibility index (Phi) is 4.32. The van der Waals surface area contributed by atoms with Gasteiger partial charge in [0.05, 0.1) is 11.8 Å². The Morgan fingerprint density at radius 3 is 2.75 bits per heavy atom. The molecule has 2 rings (SSSR count). The molecule has 1 amide bonds. The van der Waals surface area contributed by atoms with E-state index >= 15 is 0 Å². The molecule has 0 bridgehead atoms. The van der Waals surface area contributed by atoms with Crippen LogP contribution in [-0.4, -0.2) is 51.5 Å². The first-order chi connectivity index (χ1) is 9.40. The zero-order chi connectivity index (χ0) is 14.9. The highest BCUT2D eigenvalue weighted by Crippen LogP contribution is 2.22. The number of carbonyl (C=O) groups is 1. The van der Waals surface area contributed by atoms with Crippen molar-refractivity contribution in [2.75, 3.05) is 19.7 Å². The number of nitrogens with zero attached hydrogens (tertiary/aromatic N) is 3. The van der Waals surface area contributed by atoms with Crippen LogP contribution in [0.5, 0.6) is 5.75 Å². The van der Waals surface area contributed by atoms with Gasteiger partial charge in [-0.2, -0.15) is 5.10 Å². The lowest BCUT2D eigenvalue weighted by Crippen LogP contribution is -2.47. The summed E-state index contributed by atoms with van der Waals surface area (Å²) in [6, 6.07) is 0. The molecule has 0 saturated carbocycles. The molecule has 1 aromatic rings. The van der Waals surface area contributed by atoms with E-state index in [1.165, 1.54) is 0 Å². The van der Waals surface area contributed by atoms with Crippen molar-refractivity contribution in [1.29, 1.82) is 0 Å². The minimum absolute atomic E-state index is 0.00548. The molecule has 2 atom stereocenters. The molecule has 1 fully saturated rings. The van der Waals surface area contributed by atoms with Crippen LogP contribution in [0.2, 0.25) is 0 Å². The van der Waals surface area contributed by atoms with Gasteiger partial charge in [0.15, 0.2) is 12.4 Å². The third-order valence-electron chi connectivity index (χ3n) is 4.05. The first kappa shape index (κ1) is 14.8. The van der Waals surface area contributed by atoms with E-state index in [0.717, 1.165) is 17.8 Å². The summed E-state index contributed by atoms with van der Waals surface area (Å²) >= 11 is 0. The van der Waals surface area contributed by atoms with Gasteiger partial charge in [-0.05, 0) is 26.2 Å². The number of ether oxygens (including phenoxy) is 1. The van der Waals surface area contributed by atoms with Crippen LogP contribution in [0.15, 0.2) is 0 Å². The third kappa shape index (κ3) is 2.95. The topological polar surface area (TPSA) is 67.6 Å². The normalized spacial score (nSPS) is 22.9. The summed E-state index contributed by atoms with van der Waals surface area (Å²) in [5.41, 5.74) is 1.69. The minimum atomic E-state index is -0.436. The lowest BCUT2D eigenvalue weighted by molar-refractivity contribution is -0.137. The van der Waals surface area contributed by atoms with Gasteiger partial charge in [-0.3, -0.25) is 9.48 Å². The van der Waals surface area contributed by atoms with Gasteiger partial charge in [0, 0.05) is 20.1 Å². The zero-order valence-corrected chi connectivity index (χ0v) is 12.6. The average Bonchev–Trinajstić information content (AvgIpc) is 2.64. The molecule has 6 nitrogen and oxygen atoms in total. The van der Waals surface area contributed by atoms with Gasteiger partial charge in [0.2, 0.25) is 0 Å². The van der Waals surface area contributed by atoms with Crippen molar-refractivity contribution in [3.63, 3.8) is 0 Å². The number of amides is 1. The van der Waals surface area contributed by atoms with Crippen LogP contribution in [0, 0.1) is 19.8 Å². The van der Waals surface area contributed by atoms with Crippen LogP contribution in [0.3, 0.4) is 0 Å². The maximum absolute atomic E-state index is 12.1. The van der Waals surface area contributed by atoms with Crippen molar-refractivity contribution in [3.8, 4) is 5.75 Å². The zero-order valence-electron chi connectivity index (χ0n) is 12.6. The molecule has 0 aromatic carbocycles. The van der Waals surface area contributed by atoms with Crippen LogP contribution in [0.1, 0.15) is 24.7 Å². The predicted octanol–water partition coefficient (Wildman–Crippen LogP) is 0.645. The van der Waals surface area contributed by atoms with E-state index in [0.29, 0.717) is 18.8 Å². The monoisotopic (exact) mass is 281 g/mol. The molecule has 2 heterocycles. The van der Waals surface area contributed by atoms with E-state index in [1.807, 2.05) is 27.8 Å². The molecule has 0 aliphatic carbocycles. The molecule has 1 aliphatic rings. The van der Waals surface area contributed by atoms with Gasteiger partial charge in [0.25, 0.3) is 5.91 Å². The molecule has 1 N–H and O–H groups in total. The SMILES string of the molecule is Cc1nn(C)c(C)c1OCC(=O)N1CCC(C)C(O)C1. The lowest BCUT2D eigenvalue weighted by Gasteiger charge is -2.34. The molecule has 2 unspecified atom stereocenters. The summed E-state index contributed by atoms with van der Waals surface area (Å²) in [6.45, 7) is 6.85. The molecule has 0 spiro atoms. The van der Waals surface area contributed by atoms with Crippen molar-refractivity contribution >= 4 is 5.91 Å². The molecule has 6 heteroatoms. The highest BCUT2D eigenvalue weighted by atomic mass is 16.5. The lowest BCUT2D eigenvalue weighted by atomic mass is 9.96. The smallest absolute Gasteiger partial charge is 0.260 e. The van der Waals surface area contributed by atoms with Crippen LogP contribution in [0.4, 0.5) is 0 Å². The number of likely N-dealkylation sites (tertiary alicyclic amines) is 1. The van der Waals surface area contributed by atoms with Crippen LogP contribution in [0.25, 0.3) is 0 Å². The Balaban J connectivity index is 1.92. The van der Waals surface area contributed by atoms with Crippen molar-refractivity contribution in [2.45, 2.75) is 33.3 Å². The minimum Gasteiger partial charge on any atom is -0.480 e. The van der Waals surface area contributed by atoms with Crippen LogP contribution >= 0.6 is 0 Å². The number of piperidine rings is 1. The number of rotatable bonds is 3. The molecule has 0 radical (unpaired) electrons. The number of hydrogen-bond donors (Lipinski definition) is 1. The second-order valence-electron chi connectivity index (χ2n) is 5.59. The fraction of sp³-hybridized carbons (Fsp3) is 0.714. The van der Waals surface area contributed by atoms with E-state index in [-0.39, 0.29) is 18.4 Å². The maximum atomic E-state index is 12.1. The quantitative estimate of drug-likeness (QED) is 0.883. The molecule has 1 saturated heterocycles. The summed E-state index contributed by atoms with van der Waals surface area (Å²) in [4.78, 5) is 13.8. The largest absolute Gasteiger partial charge is 0.480 e. The molecule has 112 valence electrons. The van der Waals surface area contributed by atoms with Crippen molar-refractivity contribution < 1.29 is 14.6 Å². The highest BCUT2D eigenvalue weighted by molar-refractivity contribution is 5.78. The van der Waals surface area contributed by atoms with E-state index in [9.17, 15) is 9.90 Å².